The third-order valence-electron chi connectivity index (χ3n) is 3.90. The van der Waals surface area contributed by atoms with Crippen LogP contribution in [0.5, 0.6) is 5.75 Å². The average molecular weight is 430 g/mol. The van der Waals surface area contributed by atoms with Gasteiger partial charge in [0.05, 0.1) is 24.3 Å². The molecule has 0 fully saturated rings. The number of ether oxygens (including phenoxy) is 2. The van der Waals surface area contributed by atoms with Gasteiger partial charge in [-0.3, -0.25) is 4.79 Å². The van der Waals surface area contributed by atoms with E-state index in [2.05, 4.69) is 5.32 Å². The number of carbonyl (C=O) groups is 2. The molecule has 0 atom stereocenters. The van der Waals surface area contributed by atoms with Crippen LogP contribution in [0.4, 0.5) is 5.00 Å². The Balaban J connectivity index is 1.91. The molecule has 1 aromatic heterocycles. The van der Waals surface area contributed by atoms with E-state index in [1.165, 1.54) is 18.4 Å². The maximum atomic E-state index is 12.3. The first-order chi connectivity index (χ1) is 12.9. The maximum absolute atomic E-state index is 12.3. The summed E-state index contributed by atoms with van der Waals surface area (Å²) in [5, 5.41) is 4.31. The highest BCUT2D eigenvalue weighted by Gasteiger charge is 2.22. The van der Waals surface area contributed by atoms with Crippen molar-refractivity contribution in [3.8, 4) is 5.75 Å². The second-order valence-corrected chi connectivity index (χ2v) is 7.83. The Morgan fingerprint density at radius 3 is 2.63 bits per heavy atom. The van der Waals surface area contributed by atoms with E-state index >= 15 is 0 Å². The second-order valence-electron chi connectivity index (χ2n) is 5.76. The second kappa shape index (κ2) is 9.97. The lowest BCUT2D eigenvalue weighted by molar-refractivity contribution is -0.116. The van der Waals surface area contributed by atoms with Gasteiger partial charge in [0.15, 0.2) is 0 Å². The van der Waals surface area contributed by atoms with Gasteiger partial charge >= 0.3 is 5.97 Å². The molecule has 0 spiro atoms. The topological polar surface area (TPSA) is 64.6 Å². The molecule has 0 saturated heterocycles. The molecule has 8 heteroatoms. The van der Waals surface area contributed by atoms with Crippen LogP contribution >= 0.6 is 34.5 Å². The number of aryl methyl sites for hydroxylation is 1. The van der Waals surface area contributed by atoms with E-state index in [1.807, 2.05) is 13.8 Å². The van der Waals surface area contributed by atoms with Gasteiger partial charge < -0.3 is 14.8 Å². The van der Waals surface area contributed by atoms with Crippen LogP contribution in [0.1, 0.15) is 40.6 Å². The van der Waals surface area contributed by atoms with Crippen molar-refractivity contribution in [2.45, 2.75) is 33.1 Å². The van der Waals surface area contributed by atoms with Crippen molar-refractivity contribution >= 4 is 51.4 Å². The van der Waals surface area contributed by atoms with E-state index in [-0.39, 0.29) is 12.3 Å². The van der Waals surface area contributed by atoms with Gasteiger partial charge in [0, 0.05) is 16.3 Å². The molecule has 27 heavy (non-hydrogen) atoms. The zero-order chi connectivity index (χ0) is 20.0. The fourth-order valence-electron chi connectivity index (χ4n) is 2.61. The molecule has 2 rings (SSSR count). The summed E-state index contributed by atoms with van der Waals surface area (Å²) in [6.45, 7) is 4.23. The highest BCUT2D eigenvalue weighted by atomic mass is 35.5. The number of carbonyl (C=O) groups excluding carboxylic acids is 2. The number of hydrogen-bond acceptors (Lipinski definition) is 5. The molecular weight excluding hydrogens is 409 g/mol. The summed E-state index contributed by atoms with van der Waals surface area (Å²) in [7, 11) is 1.33. The fraction of sp³-hybridized carbons (Fsp3) is 0.368. The number of halogens is 2. The molecule has 0 bridgehead atoms. The largest absolute Gasteiger partial charge is 0.492 e. The summed E-state index contributed by atoms with van der Waals surface area (Å²) in [4.78, 5) is 25.3. The molecule has 0 aliphatic carbocycles. The van der Waals surface area contributed by atoms with Crippen molar-refractivity contribution in [2.75, 3.05) is 19.0 Å². The van der Waals surface area contributed by atoms with E-state index in [0.717, 1.165) is 10.4 Å². The highest BCUT2D eigenvalue weighted by molar-refractivity contribution is 7.16. The number of anilines is 1. The Hall–Kier alpha value is -1.76. The van der Waals surface area contributed by atoms with E-state index < -0.39 is 5.97 Å². The predicted molar refractivity (Wildman–Crippen MR) is 110 cm³/mol. The van der Waals surface area contributed by atoms with Crippen LogP contribution < -0.4 is 10.1 Å². The lowest BCUT2D eigenvalue weighted by atomic mass is 10.1. The molecule has 0 unspecified atom stereocenters. The van der Waals surface area contributed by atoms with E-state index in [4.69, 9.17) is 32.7 Å². The number of nitrogens with one attached hydrogen (secondary N) is 1. The Kier molecular flexibility index (Phi) is 7.95. The zero-order valence-electron chi connectivity index (χ0n) is 15.4. The third kappa shape index (κ3) is 5.61. The number of benzene rings is 1. The van der Waals surface area contributed by atoms with Gasteiger partial charge in [-0.25, -0.2) is 4.79 Å². The number of hydrogen-bond donors (Lipinski definition) is 1. The third-order valence-corrected chi connectivity index (χ3v) is 5.50. The number of amides is 1. The van der Waals surface area contributed by atoms with Gasteiger partial charge in [0.2, 0.25) is 5.91 Å². The molecule has 1 amide bonds. The standard InChI is InChI=1S/C19H21Cl2NO4S/c1-4-13-11(2)27-18(17(13)19(24)25-3)22-16(23)6-5-9-26-15-8-7-12(20)10-14(15)21/h7-8,10H,4-6,9H2,1-3H3,(H,22,23). The van der Waals surface area contributed by atoms with Crippen molar-refractivity contribution in [1.82, 2.24) is 0 Å². The van der Waals surface area contributed by atoms with Gasteiger partial charge in [-0.1, -0.05) is 30.1 Å². The Morgan fingerprint density at radius 1 is 1.26 bits per heavy atom. The fourth-order valence-corrected chi connectivity index (χ4v) is 4.22. The molecule has 0 aliphatic heterocycles. The van der Waals surface area contributed by atoms with Crippen molar-refractivity contribution in [3.63, 3.8) is 0 Å². The lowest BCUT2D eigenvalue weighted by Crippen LogP contribution is -2.15. The van der Waals surface area contributed by atoms with Crippen LogP contribution in [0.25, 0.3) is 0 Å². The molecule has 1 aromatic carbocycles. The Bertz CT molecular complexity index is 835. The van der Waals surface area contributed by atoms with E-state index in [9.17, 15) is 9.59 Å². The first-order valence-electron chi connectivity index (χ1n) is 8.45. The van der Waals surface area contributed by atoms with Crippen LogP contribution in [0, 0.1) is 6.92 Å². The zero-order valence-corrected chi connectivity index (χ0v) is 17.7. The van der Waals surface area contributed by atoms with Crippen LogP contribution in [0.3, 0.4) is 0 Å². The molecule has 2 aromatic rings. The number of methoxy groups -OCH3 is 1. The molecule has 1 heterocycles. The van der Waals surface area contributed by atoms with E-state index in [0.29, 0.717) is 45.8 Å². The summed E-state index contributed by atoms with van der Waals surface area (Å²) in [5.41, 5.74) is 1.35. The smallest absolute Gasteiger partial charge is 0.341 e. The summed E-state index contributed by atoms with van der Waals surface area (Å²) in [6.07, 6.45) is 1.45. The van der Waals surface area contributed by atoms with Gasteiger partial charge in [-0.15, -0.1) is 11.3 Å². The summed E-state index contributed by atoms with van der Waals surface area (Å²) < 4.78 is 10.4. The minimum atomic E-state index is -0.438. The first-order valence-corrected chi connectivity index (χ1v) is 10.0. The molecule has 0 aliphatic rings. The minimum absolute atomic E-state index is 0.185. The Labute approximate surface area is 172 Å². The number of rotatable bonds is 8. The average Bonchev–Trinajstić information content (AvgIpc) is 2.94. The predicted octanol–water partition coefficient (Wildman–Crippen LogP) is 5.51. The van der Waals surface area contributed by atoms with Crippen molar-refractivity contribution < 1.29 is 19.1 Å². The van der Waals surface area contributed by atoms with Crippen molar-refractivity contribution in [2.24, 2.45) is 0 Å². The highest BCUT2D eigenvalue weighted by Crippen LogP contribution is 2.34. The normalized spacial score (nSPS) is 10.6. The Morgan fingerprint density at radius 2 is 2.00 bits per heavy atom. The van der Waals surface area contributed by atoms with Gasteiger partial charge in [-0.05, 0) is 43.5 Å². The molecular formula is C19H21Cl2NO4S. The molecule has 146 valence electrons. The lowest BCUT2D eigenvalue weighted by Gasteiger charge is -2.09. The number of thiophene rings is 1. The van der Waals surface area contributed by atoms with Crippen LogP contribution in [-0.4, -0.2) is 25.6 Å². The minimum Gasteiger partial charge on any atom is -0.492 e. The number of esters is 1. The quantitative estimate of drug-likeness (QED) is 0.443. The maximum Gasteiger partial charge on any atom is 0.341 e. The first kappa shape index (κ1) is 21.5. The van der Waals surface area contributed by atoms with Gasteiger partial charge in [-0.2, -0.15) is 0 Å². The SMILES string of the molecule is CCc1c(C)sc(NC(=O)CCCOc2ccc(Cl)cc2Cl)c1C(=O)OC. The summed E-state index contributed by atoms with van der Waals surface area (Å²) in [6, 6.07) is 4.98. The summed E-state index contributed by atoms with van der Waals surface area (Å²) >= 11 is 13.3. The monoisotopic (exact) mass is 429 g/mol. The molecule has 0 saturated carbocycles. The van der Waals surface area contributed by atoms with Gasteiger partial charge in [0.25, 0.3) is 0 Å². The van der Waals surface area contributed by atoms with Crippen LogP contribution in [0.15, 0.2) is 18.2 Å². The van der Waals surface area contributed by atoms with E-state index in [1.54, 1.807) is 18.2 Å². The molecule has 1 N–H and O–H groups in total. The molecule has 0 radical (unpaired) electrons. The van der Waals surface area contributed by atoms with Crippen LogP contribution in [-0.2, 0) is 16.0 Å². The molecule has 5 nitrogen and oxygen atoms in total. The summed E-state index contributed by atoms with van der Waals surface area (Å²) in [5.74, 6) is -0.0991. The van der Waals surface area contributed by atoms with Crippen molar-refractivity contribution in [3.05, 3.63) is 44.2 Å². The van der Waals surface area contributed by atoms with Crippen LogP contribution in [0.2, 0.25) is 10.0 Å². The van der Waals surface area contributed by atoms with Crippen molar-refractivity contribution in [1.29, 1.82) is 0 Å². The van der Waals surface area contributed by atoms with Gasteiger partial charge in [0.1, 0.15) is 10.8 Å².